The van der Waals surface area contributed by atoms with Crippen LogP contribution in [0, 0.1) is 22.7 Å². The maximum atomic E-state index is 15.7. The number of allylic oxidation sites excluding steroid dienone is 1. The molecule has 13 atom stereocenters. The molecule has 5 fully saturated rings. The number of benzene rings is 3. The van der Waals surface area contributed by atoms with Crippen molar-refractivity contribution in [1.82, 2.24) is 5.06 Å². The van der Waals surface area contributed by atoms with Gasteiger partial charge in [-0.05, 0) is 97.7 Å². The van der Waals surface area contributed by atoms with Crippen molar-refractivity contribution >= 4 is 59.5 Å². The average molecular weight is 1130 g/mol. The lowest BCUT2D eigenvalue weighted by atomic mass is 9.51. The summed E-state index contributed by atoms with van der Waals surface area (Å²) in [6.45, 7) is 8.93. The monoisotopic (exact) mass is 1130 g/mol. The van der Waals surface area contributed by atoms with E-state index in [9.17, 15) is 38.7 Å². The van der Waals surface area contributed by atoms with Gasteiger partial charge in [-0.15, -0.1) is 5.06 Å². The number of nitrogens with zero attached hydrogens (tertiary/aromatic N) is 2. The number of carbonyl (C=O) groups excluding carboxylic acids is 9. The van der Waals surface area contributed by atoms with Crippen molar-refractivity contribution in [1.29, 1.82) is 0 Å². The number of amides is 2. The van der Waals surface area contributed by atoms with E-state index in [0.717, 1.165) is 6.92 Å². The van der Waals surface area contributed by atoms with E-state index in [2.05, 4.69) is 4.99 Å². The Kier molecular flexibility index (Phi) is 15.6. The molecule has 21 nitrogen and oxygen atoms in total. The second-order valence-corrected chi connectivity index (χ2v) is 22.8. The van der Waals surface area contributed by atoms with E-state index in [0.29, 0.717) is 11.5 Å². The van der Waals surface area contributed by atoms with Gasteiger partial charge in [0.2, 0.25) is 11.9 Å². The van der Waals surface area contributed by atoms with Crippen LogP contribution in [-0.2, 0) is 76.3 Å². The molecular weight excluding hydrogens is 1060 g/mol. The fourth-order valence-corrected chi connectivity index (χ4v) is 13.0. The molecule has 2 saturated carbocycles. The van der Waals surface area contributed by atoms with Crippen LogP contribution in [0.25, 0.3) is 0 Å². The minimum absolute atomic E-state index is 0.0110. The molecule has 3 aliphatic heterocycles. The molecule has 7 aliphatic rings. The highest BCUT2D eigenvalue weighted by molar-refractivity contribution is 6.02. The largest absolute Gasteiger partial charge is 0.858 e. The van der Waals surface area contributed by atoms with Crippen molar-refractivity contribution in [3.05, 3.63) is 131 Å². The quantitative estimate of drug-likeness (QED) is 0.0338. The van der Waals surface area contributed by atoms with Crippen molar-refractivity contribution in [2.45, 2.75) is 153 Å². The zero-order valence-electron chi connectivity index (χ0n) is 46.1. The maximum Gasteiger partial charge on any atom is 0.509 e. The van der Waals surface area contributed by atoms with Gasteiger partial charge in [0.25, 0.3) is 11.8 Å². The van der Waals surface area contributed by atoms with E-state index >= 15 is 9.59 Å². The summed E-state index contributed by atoms with van der Waals surface area (Å²) < 4.78 is 49.8. The van der Waals surface area contributed by atoms with Gasteiger partial charge in [0.15, 0.2) is 17.3 Å². The molecule has 432 valence electrons. The fraction of sp³-hybridized carbons (Fsp3) is 0.475. The van der Waals surface area contributed by atoms with Crippen LogP contribution >= 0.6 is 0 Å². The Morgan fingerprint density at radius 2 is 1.41 bits per heavy atom. The molecule has 2 amide bonds. The molecule has 4 aliphatic carbocycles. The summed E-state index contributed by atoms with van der Waals surface area (Å²) in [6, 6.07) is 22.6. The highest BCUT2D eigenvalue weighted by Gasteiger charge is 2.84. The topological polar surface area (TPSA) is 279 Å². The van der Waals surface area contributed by atoms with Crippen LogP contribution in [0.4, 0.5) is 4.79 Å². The van der Waals surface area contributed by atoms with Crippen molar-refractivity contribution < 1.29 is 91.0 Å². The third kappa shape index (κ3) is 10.6. The zero-order chi connectivity index (χ0) is 58.5. The van der Waals surface area contributed by atoms with Crippen LogP contribution in [0.3, 0.4) is 0 Å². The lowest BCUT2D eigenvalue weighted by molar-refractivity contribution is -0.302. The Balaban J connectivity index is 1.03. The predicted molar refractivity (Wildman–Crippen MR) is 281 cm³/mol. The minimum atomic E-state index is -2.09. The van der Waals surface area contributed by atoms with Gasteiger partial charge in [-0.25, -0.2) is 19.2 Å². The van der Waals surface area contributed by atoms with Crippen LogP contribution in [0.15, 0.2) is 119 Å². The van der Waals surface area contributed by atoms with E-state index in [1.54, 1.807) is 119 Å². The van der Waals surface area contributed by atoms with Gasteiger partial charge in [0, 0.05) is 39.0 Å². The van der Waals surface area contributed by atoms with Gasteiger partial charge in [-0.1, -0.05) is 98.8 Å². The molecule has 3 saturated heterocycles. The number of ketones is 1. The van der Waals surface area contributed by atoms with Crippen molar-refractivity contribution in [3.63, 3.8) is 0 Å². The molecule has 1 unspecified atom stereocenters. The number of hydroxylamine groups is 2. The molecule has 10 rings (SSSR count). The maximum absolute atomic E-state index is 15.7. The summed E-state index contributed by atoms with van der Waals surface area (Å²) in [5, 5.41) is 14.6. The molecule has 82 heavy (non-hydrogen) atoms. The molecule has 0 radical (unpaired) electrons. The Morgan fingerprint density at radius 1 is 0.768 bits per heavy atom. The number of fused-ring (bicyclic) bond motifs is 4. The highest BCUT2D eigenvalue weighted by Crippen LogP contribution is 2.67. The minimum Gasteiger partial charge on any atom is -0.858 e. The Labute approximate surface area is 472 Å². The number of carbonyl (C=O) groups is 9. The predicted octanol–water partition coefficient (Wildman–Crippen LogP) is 6.04. The summed E-state index contributed by atoms with van der Waals surface area (Å²) in [4.78, 5) is 135. The lowest BCUT2D eigenvalue weighted by Crippen LogP contribution is -2.77. The molecule has 1 spiro atoms. The Morgan fingerprint density at radius 3 is 2.04 bits per heavy atom. The number of ether oxygens (including phenoxy) is 8. The first kappa shape index (κ1) is 57.2. The molecule has 3 heterocycles. The first-order valence-corrected chi connectivity index (χ1v) is 27.4. The first-order chi connectivity index (χ1) is 39.1. The smallest absolute Gasteiger partial charge is 0.509 e. The third-order valence-corrected chi connectivity index (χ3v) is 17.2. The third-order valence-electron chi connectivity index (χ3n) is 17.2. The number of Topliss-reactive ketones (excluding diaryl/α,β-unsaturated/α-hetero) is 1. The van der Waals surface area contributed by atoms with Crippen LogP contribution < -0.4 is 5.11 Å². The first-order valence-electron chi connectivity index (χ1n) is 27.4. The molecule has 21 heteroatoms. The van der Waals surface area contributed by atoms with Gasteiger partial charge < -0.3 is 47.8 Å². The number of aliphatic imine (C=N–C) groups is 1. The number of imide groups is 1. The second kappa shape index (κ2) is 22.4. The van der Waals surface area contributed by atoms with Crippen LogP contribution in [0.2, 0.25) is 0 Å². The van der Waals surface area contributed by atoms with Crippen LogP contribution in [0.5, 0.6) is 0 Å². The van der Waals surface area contributed by atoms with Crippen LogP contribution in [0.1, 0.15) is 120 Å². The molecule has 3 aromatic carbocycles. The van der Waals surface area contributed by atoms with Gasteiger partial charge in [-0.2, -0.15) is 0 Å². The number of hydrogen-bond acceptors (Lipinski definition) is 20. The number of rotatable bonds is 14. The summed E-state index contributed by atoms with van der Waals surface area (Å²) in [7, 11) is 0. The van der Waals surface area contributed by atoms with Gasteiger partial charge >= 0.3 is 36.0 Å². The SMILES string of the molecule is CC(=O)O[C@H]1C(=O)[C@]23O[C@H]2C[C@H]2OC[C@@]2(OC(C)=O)[C@H]3[C@H](OC(=O)c2ccccc2)[C@@H]2C[C@H](OC(=O)[C@H](OC(=O)O[C@H]3/C=C/CC[C@@](C)(C(=O)ON4C(=O)CCC4=O)CC3)C(N=C([O-])c3ccccc3)c3ccccc3)C(C)=C1C2(C)C. The van der Waals surface area contributed by atoms with E-state index in [-0.39, 0.29) is 79.4 Å². The molecular formula is C61H63N2O19-. The normalized spacial score (nSPS) is 31.9. The van der Waals surface area contributed by atoms with E-state index in [1.807, 2.05) is 0 Å². The van der Waals surface area contributed by atoms with Gasteiger partial charge in [0.1, 0.15) is 30.5 Å². The summed E-state index contributed by atoms with van der Waals surface area (Å²) in [6.07, 6.45) is -6.94. The van der Waals surface area contributed by atoms with Crippen molar-refractivity contribution in [2.75, 3.05) is 6.61 Å². The van der Waals surface area contributed by atoms with Gasteiger partial charge in [-0.3, -0.25) is 29.0 Å². The lowest BCUT2D eigenvalue weighted by Gasteiger charge is -2.60. The molecule has 2 bridgehead atoms. The fourth-order valence-electron chi connectivity index (χ4n) is 13.0. The Bertz CT molecular complexity index is 3140. The van der Waals surface area contributed by atoms with Crippen molar-refractivity contribution in [2.24, 2.45) is 27.7 Å². The zero-order valence-corrected chi connectivity index (χ0v) is 46.1. The molecule has 3 aromatic rings. The summed E-state index contributed by atoms with van der Waals surface area (Å²) in [5.74, 6) is -9.41. The van der Waals surface area contributed by atoms with Gasteiger partial charge in [0.05, 0.1) is 29.6 Å². The van der Waals surface area contributed by atoms with Crippen LogP contribution in [-0.4, -0.2) is 125 Å². The Hall–Kier alpha value is -8.04. The van der Waals surface area contributed by atoms with E-state index in [1.165, 1.54) is 19.1 Å². The molecule has 0 aromatic heterocycles. The summed E-state index contributed by atoms with van der Waals surface area (Å²) >= 11 is 0. The second-order valence-electron chi connectivity index (χ2n) is 22.8. The number of hydrogen-bond donors (Lipinski definition) is 0. The van der Waals surface area contributed by atoms with E-state index in [4.69, 9.17) is 42.7 Å². The average Bonchev–Trinajstić information content (AvgIpc) is 1.47. The summed E-state index contributed by atoms with van der Waals surface area (Å²) in [5.41, 5.74) is -4.90. The number of esters is 4. The molecule has 0 N–H and O–H groups in total. The standard InChI is InChI=1S/C61H64N2O19/c1-33-41(30-40-48(78-54(70)38-22-14-9-15-23-38)51-60(80-35(3)65)32-74-42(60)31-43-61(51,81-43)52(68)49(75-34(2)64)46(33)58(40,4)5)77-55(71)50(47(36-18-10-7-11-19-36)62-53(69)37-20-12-8-13-21-37)79-57(73)76-39-24-16-17-28-59(6,29-27-39)56(72)82-63-44(66)25-26-45(63)67/h7-16,18-24,39-43,47-51H,17,25-32H2,1-6H3,(H,62,69)/p-1/b24-16+/t39-,40-,41-,42+,43-,47?,48+,49+,50+,51+,59+,60-,61-/m0/s1. The van der Waals surface area contributed by atoms with Crippen molar-refractivity contribution in [3.8, 4) is 0 Å². The number of epoxide rings is 1. The van der Waals surface area contributed by atoms with E-state index < -0.39 is 142 Å². The highest BCUT2D eigenvalue weighted by atomic mass is 16.7.